The molecule has 0 N–H and O–H groups in total. The number of rotatable bonds is 15. The van der Waals surface area contributed by atoms with Crippen molar-refractivity contribution in [1.29, 1.82) is 0 Å². The van der Waals surface area contributed by atoms with Crippen molar-refractivity contribution in [1.82, 2.24) is 14.5 Å². The number of imide groups is 1. The Morgan fingerprint density at radius 1 is 0.632 bits per heavy atom. The van der Waals surface area contributed by atoms with Crippen LogP contribution in [-0.4, -0.2) is 64.3 Å². The van der Waals surface area contributed by atoms with Gasteiger partial charge in [0.15, 0.2) is 6.23 Å². The lowest BCUT2D eigenvalue weighted by Crippen LogP contribution is -2.59. The largest absolute Gasteiger partial charge is 0.374 e. The van der Waals surface area contributed by atoms with E-state index in [4.69, 9.17) is 28.7 Å². The minimum absolute atomic E-state index is 0.176. The van der Waals surface area contributed by atoms with Crippen molar-refractivity contribution in [3.8, 4) is 0 Å². The number of carbonyl (C=O) groups is 2. The van der Waals surface area contributed by atoms with E-state index in [-0.39, 0.29) is 29.9 Å². The number of aromatic nitrogens is 2. The van der Waals surface area contributed by atoms with E-state index in [9.17, 15) is 9.59 Å². The predicted molar refractivity (Wildman–Crippen MR) is 218 cm³/mol. The summed E-state index contributed by atoms with van der Waals surface area (Å²) in [6.45, 7) is 1.38. The molecule has 2 aromatic heterocycles. The van der Waals surface area contributed by atoms with E-state index < -0.39 is 42.5 Å². The smallest absolute Gasteiger partial charge is 0.268 e. The Morgan fingerprint density at radius 2 is 1.14 bits per heavy atom. The van der Waals surface area contributed by atoms with Gasteiger partial charge in [0, 0.05) is 30.4 Å². The summed E-state index contributed by atoms with van der Waals surface area (Å²) in [6, 6.07) is 43.6. The first-order valence-electron chi connectivity index (χ1n) is 18.9. The van der Waals surface area contributed by atoms with Crippen molar-refractivity contribution in [3.05, 3.63) is 178 Å². The molecule has 1 fully saturated rings. The summed E-state index contributed by atoms with van der Waals surface area (Å²) >= 11 is 3.42. The topological polar surface area (TPSA) is 101 Å². The van der Waals surface area contributed by atoms with Gasteiger partial charge in [-0.25, -0.2) is 4.98 Å². The van der Waals surface area contributed by atoms with Crippen LogP contribution in [0.5, 0.6) is 0 Å². The van der Waals surface area contributed by atoms with E-state index in [1.165, 1.54) is 7.05 Å². The lowest BCUT2D eigenvalue weighted by Gasteiger charge is -2.46. The summed E-state index contributed by atoms with van der Waals surface area (Å²) in [7, 11) is 1.47. The third-order valence-corrected chi connectivity index (χ3v) is 11.0. The first-order valence-corrected chi connectivity index (χ1v) is 19.7. The molecule has 290 valence electrons. The zero-order valence-electron chi connectivity index (χ0n) is 31.4. The third kappa shape index (κ3) is 8.55. The van der Waals surface area contributed by atoms with Gasteiger partial charge in [-0.3, -0.25) is 14.5 Å². The quantitative estimate of drug-likeness (QED) is 0.0961. The van der Waals surface area contributed by atoms with E-state index in [1.54, 1.807) is 12.3 Å². The van der Waals surface area contributed by atoms with Gasteiger partial charge in [0.25, 0.3) is 11.8 Å². The van der Waals surface area contributed by atoms with E-state index in [0.717, 1.165) is 27.2 Å². The van der Waals surface area contributed by atoms with Crippen LogP contribution in [0.2, 0.25) is 0 Å². The number of hydrogen-bond acceptors (Lipinski definition) is 8. The number of halogens is 1. The maximum Gasteiger partial charge on any atom is 0.268 e. The number of nitrogens with zero attached hydrogens (tertiary/aromatic N) is 3. The van der Waals surface area contributed by atoms with Gasteiger partial charge in [-0.1, -0.05) is 121 Å². The second-order valence-electron chi connectivity index (χ2n) is 14.0. The number of likely N-dealkylation sites (N-methyl/N-ethyl adjacent to an activating group) is 1. The monoisotopic (exact) mass is 827 g/mol. The molecule has 0 bridgehead atoms. The lowest BCUT2D eigenvalue weighted by atomic mass is 9.96. The molecule has 6 aromatic rings. The van der Waals surface area contributed by atoms with Gasteiger partial charge in [0.1, 0.15) is 30.1 Å². The van der Waals surface area contributed by atoms with Crippen LogP contribution >= 0.6 is 15.9 Å². The number of pyridine rings is 1. The van der Waals surface area contributed by atoms with Gasteiger partial charge in [-0.2, -0.15) is 0 Å². The van der Waals surface area contributed by atoms with E-state index in [0.29, 0.717) is 29.8 Å². The fraction of sp³-hybridized carbons (Fsp3) is 0.239. The van der Waals surface area contributed by atoms with Gasteiger partial charge >= 0.3 is 0 Å². The zero-order chi connectivity index (χ0) is 39.1. The van der Waals surface area contributed by atoms with Crippen LogP contribution in [0.3, 0.4) is 0 Å². The van der Waals surface area contributed by atoms with Gasteiger partial charge < -0.3 is 28.3 Å². The highest BCUT2D eigenvalue weighted by atomic mass is 79.9. The Kier molecular flexibility index (Phi) is 12.1. The van der Waals surface area contributed by atoms with Crippen molar-refractivity contribution in [2.24, 2.45) is 0 Å². The maximum atomic E-state index is 13.5. The first kappa shape index (κ1) is 38.6. The number of carbonyl (C=O) groups excluding carboxylic acids is 2. The number of fused-ring (bicyclic) bond motifs is 1. The number of ether oxygens (including phenoxy) is 5. The number of hydrogen-bond donors (Lipinski definition) is 0. The van der Waals surface area contributed by atoms with Crippen molar-refractivity contribution < 1.29 is 33.3 Å². The van der Waals surface area contributed by atoms with E-state index >= 15 is 0 Å². The summed E-state index contributed by atoms with van der Waals surface area (Å²) in [5.74, 6) is -0.831. The molecule has 2 aliphatic heterocycles. The summed E-state index contributed by atoms with van der Waals surface area (Å²) in [6.07, 6.45) is -0.0512. The first-order chi connectivity index (χ1) is 28.0. The number of benzene rings is 4. The third-order valence-electron chi connectivity index (χ3n) is 10.2. The molecule has 0 saturated carbocycles. The average molecular weight is 829 g/mol. The predicted octanol–water partition coefficient (Wildman–Crippen LogP) is 8.01. The van der Waals surface area contributed by atoms with E-state index in [2.05, 4.69) is 15.9 Å². The van der Waals surface area contributed by atoms with Crippen molar-refractivity contribution in [2.45, 2.75) is 57.1 Å². The van der Waals surface area contributed by atoms with Gasteiger partial charge in [-0.15, -0.1) is 0 Å². The highest BCUT2D eigenvalue weighted by molar-refractivity contribution is 9.12. The minimum Gasteiger partial charge on any atom is -0.374 e. The average Bonchev–Trinajstić information content (AvgIpc) is 3.72. The molecule has 5 atom stereocenters. The molecule has 8 rings (SSSR count). The molecule has 4 heterocycles. The van der Waals surface area contributed by atoms with Crippen LogP contribution in [0.4, 0.5) is 0 Å². The number of amides is 2. The molecule has 57 heavy (non-hydrogen) atoms. The Morgan fingerprint density at radius 3 is 1.67 bits per heavy atom. The van der Waals surface area contributed by atoms with Crippen molar-refractivity contribution in [3.63, 3.8) is 0 Å². The standard InChI is InChI=1S/C46H42BrN3O7/c1-49-44(51)38(39(47)45(49)52)36-25-50(43-35(36)23-14-24-48-43)46-42(56-29-34-21-12-5-13-22-34)41(55-28-33-19-10-4-11-20-33)40(54-27-32-17-8-3-9-18-32)37(57-46)30-53-26-31-15-6-2-7-16-31/h2-25,37,40-42,46H,26-30H2,1H3/t37-,40-,41+,42-,46-/m1/s1. The van der Waals surface area contributed by atoms with E-state index in [1.807, 2.05) is 138 Å². The Balaban J connectivity index is 1.24. The molecule has 11 heteroatoms. The van der Waals surface area contributed by atoms with Crippen LogP contribution in [0.15, 0.2) is 150 Å². The maximum absolute atomic E-state index is 13.5. The molecule has 1 saturated heterocycles. The molecular weight excluding hydrogens is 786 g/mol. The summed E-state index contributed by atoms with van der Waals surface area (Å²) in [4.78, 5) is 32.4. The molecule has 0 aliphatic carbocycles. The Labute approximate surface area is 339 Å². The second kappa shape index (κ2) is 17.9. The van der Waals surface area contributed by atoms with Crippen LogP contribution in [-0.2, 0) is 59.7 Å². The molecule has 4 aromatic carbocycles. The van der Waals surface area contributed by atoms with Crippen molar-refractivity contribution >= 4 is 44.4 Å². The molecule has 0 radical (unpaired) electrons. The van der Waals surface area contributed by atoms with Gasteiger partial charge in [0.2, 0.25) is 0 Å². The molecule has 10 nitrogen and oxygen atoms in total. The summed E-state index contributed by atoms with van der Waals surface area (Å²) < 4.78 is 36.4. The fourth-order valence-electron chi connectivity index (χ4n) is 7.31. The van der Waals surface area contributed by atoms with Crippen molar-refractivity contribution in [2.75, 3.05) is 13.7 Å². The SMILES string of the molecule is CN1C(=O)C(Br)=C(c2cn([C@@H]3O[C@H](COCc4ccccc4)[C@@H](OCc4ccccc4)[C@H](OCc4ccccc4)[C@H]3OCc3ccccc3)c3ncccc23)C1=O. The normalized spacial score (nSPS) is 21.2. The lowest BCUT2D eigenvalue weighted by molar-refractivity contribution is -0.289. The van der Waals surface area contributed by atoms with Gasteiger partial charge in [-0.05, 0) is 50.3 Å². The fourth-order valence-corrected chi connectivity index (χ4v) is 7.96. The zero-order valence-corrected chi connectivity index (χ0v) is 32.9. The molecule has 0 spiro atoms. The molecule has 0 unspecified atom stereocenters. The highest BCUT2D eigenvalue weighted by Gasteiger charge is 2.50. The summed E-state index contributed by atoms with van der Waals surface area (Å²) in [5.41, 5.74) is 5.31. The molecule has 2 aliphatic rings. The van der Waals surface area contributed by atoms with Crippen LogP contribution in [0.1, 0.15) is 34.0 Å². The summed E-state index contributed by atoms with van der Waals surface area (Å²) in [5, 5.41) is 0.674. The van der Waals surface area contributed by atoms with Crippen LogP contribution in [0.25, 0.3) is 16.6 Å². The van der Waals surface area contributed by atoms with Crippen LogP contribution in [0, 0.1) is 0 Å². The molecule has 2 amide bonds. The van der Waals surface area contributed by atoms with Crippen LogP contribution < -0.4 is 0 Å². The van der Waals surface area contributed by atoms with Gasteiger partial charge in [0.05, 0.1) is 43.1 Å². The Hall–Kier alpha value is -5.27. The second-order valence-corrected chi connectivity index (χ2v) is 14.8. The minimum atomic E-state index is -0.841. The Bertz CT molecular complexity index is 2320. The highest BCUT2D eigenvalue weighted by Crippen LogP contribution is 2.41. The molecular formula is C46H42BrN3O7.